The second-order valence-corrected chi connectivity index (χ2v) is 9.69. The van der Waals surface area contributed by atoms with E-state index >= 15 is 0 Å². The minimum Gasteiger partial charge on any atom is -0.474 e. The number of halogens is 3. The lowest BCUT2D eigenvalue weighted by molar-refractivity contribution is -0.388. The van der Waals surface area contributed by atoms with Crippen LogP contribution in [-0.2, 0) is 11.0 Å². The Morgan fingerprint density at radius 2 is 1.84 bits per heavy atom. The summed E-state index contributed by atoms with van der Waals surface area (Å²) in [5.41, 5.74) is -1.02. The molecule has 9 nitrogen and oxygen atoms in total. The molecule has 2 aliphatic rings. The lowest BCUT2D eigenvalue weighted by atomic mass is 9.92. The number of nitrogens with one attached hydrogen (secondary N) is 1. The first kappa shape index (κ1) is 27.5. The molecular weight excluding hydrogens is 503 g/mol. The second-order valence-electron chi connectivity index (χ2n) is 9.69. The van der Waals surface area contributed by atoms with Gasteiger partial charge in [-0.25, -0.2) is 4.98 Å². The number of alkyl halides is 3. The summed E-state index contributed by atoms with van der Waals surface area (Å²) >= 11 is 0. The number of hydrogen-bond acceptors (Lipinski definition) is 7. The zero-order chi connectivity index (χ0) is 27.3. The number of nitro groups is 1. The molecule has 0 unspecified atom stereocenters. The molecule has 1 saturated carbocycles. The minimum absolute atomic E-state index is 0.0663. The highest BCUT2D eigenvalue weighted by molar-refractivity contribution is 5.76. The van der Waals surface area contributed by atoms with Gasteiger partial charge in [-0.1, -0.05) is 6.92 Å². The maximum atomic E-state index is 13.3. The molecule has 0 spiro atoms. The van der Waals surface area contributed by atoms with Crippen LogP contribution in [0.15, 0.2) is 36.5 Å². The largest absolute Gasteiger partial charge is 0.474 e. The topological polar surface area (TPSA) is 101 Å². The van der Waals surface area contributed by atoms with Gasteiger partial charge in [0.25, 0.3) is 5.69 Å². The molecule has 4 rings (SSSR count). The van der Waals surface area contributed by atoms with E-state index in [1.165, 1.54) is 6.07 Å². The zero-order valence-electron chi connectivity index (χ0n) is 21.2. The number of nitrogens with zero attached hydrogens (tertiary/aromatic N) is 4. The van der Waals surface area contributed by atoms with Crippen LogP contribution < -0.4 is 15.0 Å². The van der Waals surface area contributed by atoms with Crippen LogP contribution in [0, 0.1) is 10.1 Å². The van der Waals surface area contributed by atoms with E-state index < -0.39 is 22.4 Å². The summed E-state index contributed by atoms with van der Waals surface area (Å²) in [6, 6.07) is 6.77. The van der Waals surface area contributed by atoms with Crippen LogP contribution in [0.1, 0.15) is 51.0 Å². The van der Waals surface area contributed by atoms with Crippen molar-refractivity contribution in [3.05, 3.63) is 52.2 Å². The van der Waals surface area contributed by atoms with Crippen LogP contribution in [0.3, 0.4) is 0 Å². The highest BCUT2D eigenvalue weighted by Gasteiger charge is 2.38. The zero-order valence-corrected chi connectivity index (χ0v) is 21.2. The van der Waals surface area contributed by atoms with Crippen molar-refractivity contribution < 1.29 is 27.6 Å². The Morgan fingerprint density at radius 1 is 1.13 bits per heavy atom. The third-order valence-corrected chi connectivity index (χ3v) is 7.01. The Morgan fingerprint density at radius 3 is 2.47 bits per heavy atom. The van der Waals surface area contributed by atoms with Crippen LogP contribution in [0.5, 0.6) is 5.88 Å². The van der Waals surface area contributed by atoms with Gasteiger partial charge in [0.15, 0.2) is 0 Å². The number of rotatable bonds is 8. The van der Waals surface area contributed by atoms with Crippen molar-refractivity contribution in [3.8, 4) is 5.88 Å². The third kappa shape index (κ3) is 6.84. The molecule has 2 heterocycles. The normalized spacial score (nSPS) is 20.2. The SMILES string of the molecule is CCCC(=O)N1CCN(c2ccnc(O[C@H]3CC[C@H](Nc4ccc([N+](=O)[O-])c(C(F)(F)F)c4)CC3)c2)CC1. The van der Waals surface area contributed by atoms with Gasteiger partial charge in [0.05, 0.1) is 4.92 Å². The van der Waals surface area contributed by atoms with Crippen LogP contribution >= 0.6 is 0 Å². The van der Waals surface area contributed by atoms with Crippen molar-refractivity contribution in [2.45, 2.75) is 63.8 Å². The molecule has 38 heavy (non-hydrogen) atoms. The fraction of sp³-hybridized carbons (Fsp3) is 0.538. The van der Waals surface area contributed by atoms with Gasteiger partial charge in [0.2, 0.25) is 11.8 Å². The number of ether oxygens (including phenoxy) is 1. The molecule has 1 saturated heterocycles. The predicted octanol–water partition coefficient (Wildman–Crippen LogP) is 5.26. The average molecular weight is 536 g/mol. The van der Waals surface area contributed by atoms with Crippen LogP contribution in [0.4, 0.5) is 30.2 Å². The van der Waals surface area contributed by atoms with E-state index in [0.717, 1.165) is 37.3 Å². The molecule has 2 fully saturated rings. The molecule has 206 valence electrons. The summed E-state index contributed by atoms with van der Waals surface area (Å²) in [6.45, 7) is 4.87. The van der Waals surface area contributed by atoms with E-state index in [4.69, 9.17) is 4.74 Å². The monoisotopic (exact) mass is 535 g/mol. The van der Waals surface area contributed by atoms with E-state index in [1.54, 1.807) is 6.20 Å². The van der Waals surface area contributed by atoms with E-state index in [9.17, 15) is 28.1 Å². The first-order valence-electron chi connectivity index (χ1n) is 12.9. The van der Waals surface area contributed by atoms with Crippen LogP contribution in [-0.4, -0.2) is 59.0 Å². The van der Waals surface area contributed by atoms with Crippen molar-refractivity contribution >= 4 is 23.0 Å². The fourth-order valence-electron chi connectivity index (χ4n) is 4.99. The van der Waals surface area contributed by atoms with Gasteiger partial charge in [0.1, 0.15) is 11.7 Å². The van der Waals surface area contributed by atoms with Gasteiger partial charge in [-0.05, 0) is 50.3 Å². The molecule has 1 aliphatic carbocycles. The Kier molecular flexibility index (Phi) is 8.58. The summed E-state index contributed by atoms with van der Waals surface area (Å²) in [6.07, 6.45) is 0.995. The number of nitro benzene ring substituents is 1. The maximum Gasteiger partial charge on any atom is 0.423 e. The van der Waals surface area contributed by atoms with Crippen molar-refractivity contribution in [2.24, 2.45) is 0 Å². The number of hydrogen-bond donors (Lipinski definition) is 1. The molecule has 12 heteroatoms. The Bertz CT molecular complexity index is 1130. The van der Waals surface area contributed by atoms with E-state index in [1.807, 2.05) is 24.0 Å². The number of carbonyl (C=O) groups excluding carboxylic acids is 1. The van der Waals surface area contributed by atoms with Crippen LogP contribution in [0.2, 0.25) is 0 Å². The molecule has 1 aromatic carbocycles. The van der Waals surface area contributed by atoms with Crippen molar-refractivity contribution in [3.63, 3.8) is 0 Å². The number of carbonyl (C=O) groups is 1. The summed E-state index contributed by atoms with van der Waals surface area (Å²) in [7, 11) is 0. The molecule has 2 aromatic rings. The van der Waals surface area contributed by atoms with Gasteiger partial charge in [-0.15, -0.1) is 0 Å². The average Bonchev–Trinajstić information content (AvgIpc) is 2.89. The first-order valence-corrected chi connectivity index (χ1v) is 12.9. The minimum atomic E-state index is -4.81. The van der Waals surface area contributed by atoms with Gasteiger partial charge in [-0.3, -0.25) is 14.9 Å². The van der Waals surface area contributed by atoms with Crippen molar-refractivity contribution in [2.75, 3.05) is 36.4 Å². The lowest BCUT2D eigenvalue weighted by Crippen LogP contribution is -2.48. The quantitative estimate of drug-likeness (QED) is 0.364. The smallest absolute Gasteiger partial charge is 0.423 e. The maximum absolute atomic E-state index is 13.3. The molecule has 1 amide bonds. The summed E-state index contributed by atoms with van der Waals surface area (Å²) in [5.74, 6) is 0.721. The molecule has 0 bridgehead atoms. The number of amides is 1. The second kappa shape index (κ2) is 11.9. The standard InChI is InChI=1S/C26H32F3N5O4/c1-2-3-25(35)33-14-12-32(13-15-33)20-10-11-30-24(17-20)38-21-7-4-18(5-8-21)31-19-6-9-23(34(36)37)22(16-19)26(27,28)29/h6,9-11,16-18,21,31H,2-5,7-8,12-15H2,1H3/t18-,21-. The first-order chi connectivity index (χ1) is 18.1. The number of piperazine rings is 1. The predicted molar refractivity (Wildman–Crippen MR) is 136 cm³/mol. The molecule has 1 N–H and O–H groups in total. The van der Waals surface area contributed by atoms with Gasteiger partial charge in [0, 0.05) is 68.3 Å². The van der Waals surface area contributed by atoms with Crippen molar-refractivity contribution in [1.29, 1.82) is 0 Å². The Hall–Kier alpha value is -3.57. The molecular formula is C26H32F3N5O4. The van der Waals surface area contributed by atoms with Crippen LogP contribution in [0.25, 0.3) is 0 Å². The highest BCUT2D eigenvalue weighted by atomic mass is 19.4. The molecule has 0 radical (unpaired) electrons. The number of pyridine rings is 1. The number of aromatic nitrogens is 1. The van der Waals surface area contributed by atoms with E-state index in [-0.39, 0.29) is 23.7 Å². The fourth-order valence-corrected chi connectivity index (χ4v) is 4.99. The molecule has 0 atom stereocenters. The lowest BCUT2D eigenvalue weighted by Gasteiger charge is -2.36. The van der Waals surface area contributed by atoms with Crippen molar-refractivity contribution in [1.82, 2.24) is 9.88 Å². The van der Waals surface area contributed by atoms with Gasteiger partial charge >= 0.3 is 6.18 Å². The Balaban J connectivity index is 1.29. The van der Waals surface area contributed by atoms with Gasteiger partial charge in [-0.2, -0.15) is 13.2 Å². The summed E-state index contributed by atoms with van der Waals surface area (Å²) < 4.78 is 46.0. The third-order valence-electron chi connectivity index (χ3n) is 7.01. The highest BCUT2D eigenvalue weighted by Crippen LogP contribution is 2.38. The van der Waals surface area contributed by atoms with Gasteiger partial charge < -0.3 is 19.9 Å². The summed E-state index contributed by atoms with van der Waals surface area (Å²) in [5, 5.41) is 14.1. The molecule has 1 aromatic heterocycles. The number of anilines is 2. The van der Waals surface area contributed by atoms with E-state index in [2.05, 4.69) is 15.2 Å². The van der Waals surface area contributed by atoms with E-state index in [0.29, 0.717) is 51.1 Å². The molecule has 1 aliphatic heterocycles. The summed E-state index contributed by atoms with van der Waals surface area (Å²) in [4.78, 5) is 30.6. The Labute approximate surface area is 219 Å². The number of benzene rings is 1.